The van der Waals surface area contributed by atoms with Crippen LogP contribution in [0.3, 0.4) is 0 Å². The van der Waals surface area contributed by atoms with Gasteiger partial charge in [-0.3, -0.25) is 9.59 Å². The van der Waals surface area contributed by atoms with Crippen LogP contribution in [0.4, 0.5) is 11.4 Å². The summed E-state index contributed by atoms with van der Waals surface area (Å²) in [7, 11) is 0. The van der Waals surface area contributed by atoms with Gasteiger partial charge in [0.15, 0.2) is 0 Å². The van der Waals surface area contributed by atoms with Crippen LogP contribution in [0.25, 0.3) is 0 Å². The number of ether oxygens (including phenoxy) is 1. The molecule has 0 saturated heterocycles. The molecule has 0 unspecified atom stereocenters. The number of hydrogen-bond donors (Lipinski definition) is 1. The van der Waals surface area contributed by atoms with Gasteiger partial charge < -0.3 is 10.1 Å². The Bertz CT molecular complexity index is 1450. The molecule has 0 atom stereocenters. The van der Waals surface area contributed by atoms with Crippen molar-refractivity contribution in [3.63, 3.8) is 0 Å². The average molecular weight is 537 g/mol. The summed E-state index contributed by atoms with van der Waals surface area (Å²) in [5, 5.41) is 3.09. The quantitative estimate of drug-likeness (QED) is 0.218. The van der Waals surface area contributed by atoms with E-state index in [2.05, 4.69) is 26.1 Å². The lowest BCUT2D eigenvalue weighted by atomic mass is 9.85. The number of esters is 1. The normalized spacial score (nSPS) is 13.9. The molecule has 1 N–H and O–H groups in total. The van der Waals surface area contributed by atoms with Crippen LogP contribution in [0.5, 0.6) is 5.75 Å². The first-order valence-electron chi connectivity index (χ1n) is 11.6. The molecule has 37 heavy (non-hydrogen) atoms. The third-order valence-electron chi connectivity index (χ3n) is 5.98. The molecule has 0 radical (unpaired) electrons. The number of carbonyl (C=O) groups excluding carboxylic acids is 3. The van der Waals surface area contributed by atoms with Gasteiger partial charge >= 0.3 is 5.97 Å². The molecular weight excluding hydrogens is 511 g/mol. The lowest BCUT2D eigenvalue weighted by Crippen LogP contribution is -2.32. The molecule has 6 nitrogen and oxygen atoms in total. The van der Waals surface area contributed by atoms with Crippen molar-refractivity contribution in [2.75, 3.05) is 10.2 Å². The van der Waals surface area contributed by atoms with Crippen molar-refractivity contribution in [1.29, 1.82) is 0 Å². The van der Waals surface area contributed by atoms with E-state index in [1.807, 2.05) is 26.0 Å². The molecule has 3 aromatic rings. The predicted octanol–water partition coefficient (Wildman–Crippen LogP) is 6.91. The standard InChI is InChI=1S/C29H26Cl2N2O4/c1-16-6-13-23(21(14-16)29(3,4)5)37-28(36)18-8-10-19(11-9-18)32-25-24(31)26(34)33(27(25)35)20-12-7-17(2)22(30)15-20/h6-15,32H,1-5H3. The highest BCUT2D eigenvalue weighted by atomic mass is 35.5. The van der Waals surface area contributed by atoms with Gasteiger partial charge in [-0.15, -0.1) is 0 Å². The molecule has 0 bridgehead atoms. The summed E-state index contributed by atoms with van der Waals surface area (Å²) in [6.45, 7) is 9.99. The maximum Gasteiger partial charge on any atom is 0.343 e. The highest BCUT2D eigenvalue weighted by Gasteiger charge is 2.39. The third kappa shape index (κ3) is 5.41. The highest BCUT2D eigenvalue weighted by Crippen LogP contribution is 2.34. The molecule has 1 aliphatic rings. The molecule has 190 valence electrons. The Balaban J connectivity index is 1.50. The van der Waals surface area contributed by atoms with Gasteiger partial charge in [-0.25, -0.2) is 9.69 Å². The number of nitrogens with one attached hydrogen (secondary N) is 1. The van der Waals surface area contributed by atoms with Crippen molar-refractivity contribution in [3.8, 4) is 5.75 Å². The van der Waals surface area contributed by atoms with Crippen LogP contribution in [-0.4, -0.2) is 17.8 Å². The van der Waals surface area contributed by atoms with Gasteiger partial charge in [-0.2, -0.15) is 0 Å². The van der Waals surface area contributed by atoms with Crippen LogP contribution < -0.4 is 15.0 Å². The molecule has 0 aromatic heterocycles. The number of imide groups is 1. The van der Waals surface area contributed by atoms with Gasteiger partial charge in [0.25, 0.3) is 11.8 Å². The number of aryl methyl sites for hydroxylation is 2. The zero-order chi connectivity index (χ0) is 27.1. The number of rotatable bonds is 5. The van der Waals surface area contributed by atoms with Crippen LogP contribution >= 0.6 is 23.2 Å². The van der Waals surface area contributed by atoms with Gasteiger partial charge in [0, 0.05) is 16.3 Å². The molecule has 0 aliphatic carbocycles. The van der Waals surface area contributed by atoms with Gasteiger partial charge in [0.05, 0.1) is 11.3 Å². The highest BCUT2D eigenvalue weighted by molar-refractivity contribution is 6.53. The van der Waals surface area contributed by atoms with E-state index in [-0.39, 0.29) is 16.1 Å². The average Bonchev–Trinajstić information content (AvgIpc) is 3.05. The fraction of sp³-hybridized carbons (Fsp3) is 0.207. The van der Waals surface area contributed by atoms with E-state index < -0.39 is 17.8 Å². The monoisotopic (exact) mass is 536 g/mol. The van der Waals surface area contributed by atoms with E-state index in [0.717, 1.165) is 21.6 Å². The maximum atomic E-state index is 13.0. The third-order valence-corrected chi connectivity index (χ3v) is 6.73. The molecule has 0 saturated carbocycles. The fourth-order valence-electron chi connectivity index (χ4n) is 3.88. The second-order valence-electron chi connectivity index (χ2n) is 9.91. The first-order valence-corrected chi connectivity index (χ1v) is 12.4. The van der Waals surface area contributed by atoms with Gasteiger partial charge in [-0.05, 0) is 67.3 Å². The molecular formula is C29H26Cl2N2O4. The number of carbonyl (C=O) groups is 3. The minimum Gasteiger partial charge on any atom is -0.423 e. The lowest BCUT2D eigenvalue weighted by Gasteiger charge is -2.22. The Morgan fingerprint density at radius 1 is 0.892 bits per heavy atom. The molecule has 8 heteroatoms. The van der Waals surface area contributed by atoms with Crippen molar-refractivity contribution < 1.29 is 19.1 Å². The Labute approximate surface area is 225 Å². The first-order chi connectivity index (χ1) is 17.4. The summed E-state index contributed by atoms with van der Waals surface area (Å²) in [6.07, 6.45) is 0. The van der Waals surface area contributed by atoms with Crippen molar-refractivity contribution in [2.24, 2.45) is 0 Å². The molecule has 0 spiro atoms. The summed E-state index contributed by atoms with van der Waals surface area (Å²) in [6, 6.07) is 17.0. The largest absolute Gasteiger partial charge is 0.423 e. The van der Waals surface area contributed by atoms with E-state index in [9.17, 15) is 14.4 Å². The van der Waals surface area contributed by atoms with Crippen molar-refractivity contribution in [3.05, 3.63) is 98.7 Å². The Morgan fingerprint density at radius 2 is 1.57 bits per heavy atom. The Morgan fingerprint density at radius 3 is 2.19 bits per heavy atom. The van der Waals surface area contributed by atoms with Crippen LogP contribution in [0.15, 0.2) is 71.4 Å². The number of halogens is 2. The minimum atomic E-state index is -0.651. The smallest absolute Gasteiger partial charge is 0.343 e. The van der Waals surface area contributed by atoms with Gasteiger partial charge in [-0.1, -0.05) is 67.7 Å². The number of amides is 2. The number of benzene rings is 3. The fourth-order valence-corrected chi connectivity index (χ4v) is 4.27. The maximum absolute atomic E-state index is 13.0. The van der Waals surface area contributed by atoms with Crippen LogP contribution in [0.2, 0.25) is 5.02 Å². The van der Waals surface area contributed by atoms with Crippen molar-refractivity contribution >= 4 is 52.4 Å². The van der Waals surface area contributed by atoms with E-state index in [1.165, 1.54) is 0 Å². The Hall–Kier alpha value is -3.61. The van der Waals surface area contributed by atoms with Crippen LogP contribution in [0.1, 0.15) is 47.8 Å². The predicted molar refractivity (Wildman–Crippen MR) is 146 cm³/mol. The number of anilines is 2. The summed E-state index contributed by atoms with van der Waals surface area (Å²) in [5.74, 6) is -1.25. The summed E-state index contributed by atoms with van der Waals surface area (Å²) >= 11 is 12.4. The summed E-state index contributed by atoms with van der Waals surface area (Å²) in [5.41, 5.74) is 3.69. The Kier molecular flexibility index (Phi) is 7.18. The molecule has 1 heterocycles. The van der Waals surface area contributed by atoms with E-state index >= 15 is 0 Å². The van der Waals surface area contributed by atoms with Crippen LogP contribution in [0, 0.1) is 13.8 Å². The van der Waals surface area contributed by atoms with Crippen LogP contribution in [-0.2, 0) is 15.0 Å². The number of hydrogen-bond acceptors (Lipinski definition) is 5. The van der Waals surface area contributed by atoms with Crippen molar-refractivity contribution in [2.45, 2.75) is 40.0 Å². The zero-order valence-electron chi connectivity index (χ0n) is 21.1. The second kappa shape index (κ2) is 10.0. The van der Waals surface area contributed by atoms with E-state index in [1.54, 1.807) is 48.5 Å². The molecule has 4 rings (SSSR count). The number of nitrogens with zero attached hydrogens (tertiary/aromatic N) is 1. The molecule has 0 fully saturated rings. The lowest BCUT2D eigenvalue weighted by molar-refractivity contribution is -0.120. The topological polar surface area (TPSA) is 75.7 Å². The summed E-state index contributed by atoms with van der Waals surface area (Å²) < 4.78 is 5.71. The van der Waals surface area contributed by atoms with Crippen molar-refractivity contribution in [1.82, 2.24) is 0 Å². The SMILES string of the molecule is Cc1ccc(OC(=O)c2ccc(NC3=C(Cl)C(=O)N(c4ccc(C)c(Cl)c4)C3=O)cc2)c(C(C)(C)C)c1. The van der Waals surface area contributed by atoms with E-state index in [4.69, 9.17) is 27.9 Å². The zero-order valence-corrected chi connectivity index (χ0v) is 22.6. The minimum absolute atomic E-state index is 0.0619. The second-order valence-corrected chi connectivity index (χ2v) is 10.7. The van der Waals surface area contributed by atoms with E-state index in [0.29, 0.717) is 27.7 Å². The summed E-state index contributed by atoms with van der Waals surface area (Å²) in [4.78, 5) is 39.6. The first kappa shape index (κ1) is 26.5. The molecule has 2 amide bonds. The molecule has 3 aromatic carbocycles. The van der Waals surface area contributed by atoms with Gasteiger partial charge in [0.1, 0.15) is 16.5 Å². The van der Waals surface area contributed by atoms with Gasteiger partial charge in [0.2, 0.25) is 0 Å². The molecule has 1 aliphatic heterocycles.